The molecule has 19 heavy (non-hydrogen) atoms. The summed E-state index contributed by atoms with van der Waals surface area (Å²) in [5.41, 5.74) is 6.70. The van der Waals surface area contributed by atoms with E-state index in [1.54, 1.807) is 12.1 Å². The third kappa shape index (κ3) is 4.84. The number of aliphatic hydroxyl groups is 1. The van der Waals surface area contributed by atoms with Crippen molar-refractivity contribution in [3.8, 4) is 0 Å². The summed E-state index contributed by atoms with van der Waals surface area (Å²) in [6.07, 6.45) is 2.15. The van der Waals surface area contributed by atoms with E-state index in [1.807, 2.05) is 0 Å². The van der Waals surface area contributed by atoms with Crippen molar-refractivity contribution >= 4 is 11.4 Å². The van der Waals surface area contributed by atoms with Crippen molar-refractivity contribution in [2.45, 2.75) is 26.3 Å². The first kappa shape index (κ1) is 15.4. The molecule has 0 aliphatic rings. The summed E-state index contributed by atoms with van der Waals surface area (Å²) in [4.78, 5) is 12.3. The Labute approximate surface area is 113 Å². The Kier molecular flexibility index (Phi) is 6.24. The van der Waals surface area contributed by atoms with Gasteiger partial charge in [0.1, 0.15) is 5.69 Å². The van der Waals surface area contributed by atoms with E-state index < -0.39 is 4.92 Å². The maximum atomic E-state index is 10.7. The van der Waals surface area contributed by atoms with Gasteiger partial charge < -0.3 is 10.8 Å². The monoisotopic (exact) mass is 267 g/mol. The highest BCUT2D eigenvalue weighted by Crippen LogP contribution is 2.22. The summed E-state index contributed by atoms with van der Waals surface area (Å²) in [5, 5.41) is 19.7. The molecule has 0 heterocycles. The van der Waals surface area contributed by atoms with Crippen LogP contribution in [-0.4, -0.2) is 34.6 Å². The zero-order valence-corrected chi connectivity index (χ0v) is 11.2. The van der Waals surface area contributed by atoms with Gasteiger partial charge in [-0.15, -0.1) is 0 Å². The van der Waals surface area contributed by atoms with Crippen LogP contribution < -0.4 is 5.73 Å². The highest BCUT2D eigenvalue weighted by molar-refractivity contribution is 5.59. The lowest BCUT2D eigenvalue weighted by Crippen LogP contribution is -2.27. The molecular weight excluding hydrogens is 246 g/mol. The third-order valence-electron chi connectivity index (χ3n) is 2.94. The Morgan fingerprint density at radius 1 is 1.42 bits per heavy atom. The minimum atomic E-state index is -0.484. The highest BCUT2D eigenvalue weighted by atomic mass is 16.6. The molecule has 106 valence electrons. The SMILES string of the molecule is CCCCN(CCO)Cc1ccc([N+](=O)[O-])c(N)c1. The fourth-order valence-corrected chi connectivity index (χ4v) is 1.92. The predicted molar refractivity (Wildman–Crippen MR) is 74.8 cm³/mol. The number of aliphatic hydroxyl groups excluding tert-OH is 1. The van der Waals surface area contributed by atoms with Crippen molar-refractivity contribution in [3.05, 3.63) is 33.9 Å². The molecule has 1 aromatic carbocycles. The van der Waals surface area contributed by atoms with Crippen LogP contribution in [0.25, 0.3) is 0 Å². The van der Waals surface area contributed by atoms with E-state index in [0.29, 0.717) is 13.1 Å². The molecule has 0 aliphatic carbocycles. The van der Waals surface area contributed by atoms with Crippen LogP contribution in [0, 0.1) is 10.1 Å². The molecule has 3 N–H and O–H groups in total. The van der Waals surface area contributed by atoms with E-state index in [1.165, 1.54) is 6.07 Å². The van der Waals surface area contributed by atoms with Gasteiger partial charge in [0.15, 0.2) is 0 Å². The van der Waals surface area contributed by atoms with Crippen LogP contribution in [0.5, 0.6) is 0 Å². The standard InChI is InChI=1S/C13H21N3O3/c1-2-3-6-15(7-8-17)10-11-4-5-13(16(18)19)12(14)9-11/h4-5,9,17H,2-3,6-8,10,14H2,1H3. The molecule has 0 spiro atoms. The fraction of sp³-hybridized carbons (Fsp3) is 0.538. The normalized spacial score (nSPS) is 10.9. The zero-order valence-electron chi connectivity index (χ0n) is 11.2. The van der Waals surface area contributed by atoms with Gasteiger partial charge in [-0.3, -0.25) is 15.0 Å². The molecule has 1 rings (SSSR count). The van der Waals surface area contributed by atoms with Gasteiger partial charge in [0.2, 0.25) is 0 Å². The van der Waals surface area contributed by atoms with Crippen molar-refractivity contribution in [2.75, 3.05) is 25.4 Å². The maximum Gasteiger partial charge on any atom is 0.292 e. The summed E-state index contributed by atoms with van der Waals surface area (Å²) in [6, 6.07) is 4.78. The average molecular weight is 267 g/mol. The van der Waals surface area contributed by atoms with Crippen LogP contribution in [0.1, 0.15) is 25.3 Å². The van der Waals surface area contributed by atoms with Crippen molar-refractivity contribution in [3.63, 3.8) is 0 Å². The summed E-state index contributed by atoms with van der Waals surface area (Å²) in [6.45, 7) is 4.35. The second-order valence-electron chi connectivity index (χ2n) is 4.50. The van der Waals surface area contributed by atoms with Crippen LogP contribution in [0.3, 0.4) is 0 Å². The Hall–Kier alpha value is -1.66. The van der Waals surface area contributed by atoms with Gasteiger partial charge in [-0.25, -0.2) is 0 Å². The van der Waals surface area contributed by atoms with E-state index in [-0.39, 0.29) is 18.0 Å². The van der Waals surface area contributed by atoms with Crippen LogP contribution >= 0.6 is 0 Å². The van der Waals surface area contributed by atoms with Gasteiger partial charge in [-0.1, -0.05) is 19.4 Å². The van der Waals surface area contributed by atoms with E-state index in [0.717, 1.165) is 24.9 Å². The number of nitrogen functional groups attached to an aromatic ring is 1. The summed E-state index contributed by atoms with van der Waals surface area (Å²) in [7, 11) is 0. The Bertz CT molecular complexity index is 424. The molecule has 0 saturated carbocycles. The van der Waals surface area contributed by atoms with Crippen molar-refractivity contribution < 1.29 is 10.0 Å². The van der Waals surface area contributed by atoms with Crippen LogP contribution in [0.15, 0.2) is 18.2 Å². The molecule has 0 fully saturated rings. The lowest BCUT2D eigenvalue weighted by molar-refractivity contribution is -0.383. The molecule has 1 aromatic rings. The Morgan fingerprint density at radius 2 is 2.16 bits per heavy atom. The van der Waals surface area contributed by atoms with Crippen molar-refractivity contribution in [1.29, 1.82) is 0 Å². The number of nitro groups is 1. The molecule has 6 heteroatoms. The summed E-state index contributed by atoms with van der Waals surface area (Å²) < 4.78 is 0. The number of anilines is 1. The molecular formula is C13H21N3O3. The molecule has 0 bridgehead atoms. The molecule has 0 unspecified atom stereocenters. The number of hydrogen-bond acceptors (Lipinski definition) is 5. The summed E-state index contributed by atoms with van der Waals surface area (Å²) in [5.74, 6) is 0. The number of nitro benzene ring substituents is 1. The topological polar surface area (TPSA) is 92.6 Å². The molecule has 6 nitrogen and oxygen atoms in total. The zero-order chi connectivity index (χ0) is 14.3. The second-order valence-corrected chi connectivity index (χ2v) is 4.50. The number of rotatable bonds is 8. The minimum Gasteiger partial charge on any atom is -0.395 e. The number of nitrogens with zero attached hydrogens (tertiary/aromatic N) is 2. The second kappa shape index (κ2) is 7.70. The lowest BCUT2D eigenvalue weighted by Gasteiger charge is -2.21. The number of unbranched alkanes of at least 4 members (excludes halogenated alkanes) is 1. The number of benzene rings is 1. The first-order chi connectivity index (χ1) is 9.08. The van der Waals surface area contributed by atoms with Crippen LogP contribution in [0.2, 0.25) is 0 Å². The van der Waals surface area contributed by atoms with Gasteiger partial charge in [0.25, 0.3) is 5.69 Å². The van der Waals surface area contributed by atoms with E-state index in [9.17, 15) is 10.1 Å². The van der Waals surface area contributed by atoms with E-state index in [2.05, 4.69) is 11.8 Å². The smallest absolute Gasteiger partial charge is 0.292 e. The Morgan fingerprint density at radius 3 is 2.68 bits per heavy atom. The molecule has 0 aliphatic heterocycles. The van der Waals surface area contributed by atoms with Crippen molar-refractivity contribution in [1.82, 2.24) is 4.90 Å². The summed E-state index contributed by atoms with van der Waals surface area (Å²) >= 11 is 0. The number of hydrogen-bond donors (Lipinski definition) is 2. The Balaban J connectivity index is 2.73. The van der Waals surface area contributed by atoms with Gasteiger partial charge in [0.05, 0.1) is 11.5 Å². The molecule has 0 radical (unpaired) electrons. The van der Waals surface area contributed by atoms with Crippen LogP contribution in [0.4, 0.5) is 11.4 Å². The van der Waals surface area contributed by atoms with Gasteiger partial charge in [-0.2, -0.15) is 0 Å². The molecule has 0 aromatic heterocycles. The third-order valence-corrected chi connectivity index (χ3v) is 2.94. The molecule has 0 saturated heterocycles. The molecule has 0 atom stereocenters. The highest BCUT2D eigenvalue weighted by Gasteiger charge is 2.12. The van der Waals surface area contributed by atoms with Gasteiger partial charge in [-0.05, 0) is 24.6 Å². The molecule has 0 amide bonds. The van der Waals surface area contributed by atoms with E-state index >= 15 is 0 Å². The number of nitrogens with two attached hydrogens (primary N) is 1. The van der Waals surface area contributed by atoms with Crippen LogP contribution in [-0.2, 0) is 6.54 Å². The quantitative estimate of drug-likeness (QED) is 0.425. The average Bonchev–Trinajstić information content (AvgIpc) is 2.36. The van der Waals surface area contributed by atoms with E-state index in [4.69, 9.17) is 10.8 Å². The first-order valence-corrected chi connectivity index (χ1v) is 6.44. The van der Waals surface area contributed by atoms with Crippen molar-refractivity contribution in [2.24, 2.45) is 0 Å². The first-order valence-electron chi connectivity index (χ1n) is 6.44. The maximum absolute atomic E-state index is 10.7. The van der Waals surface area contributed by atoms with Gasteiger partial charge in [0, 0.05) is 19.2 Å². The van der Waals surface area contributed by atoms with Gasteiger partial charge >= 0.3 is 0 Å². The predicted octanol–water partition coefficient (Wildman–Crippen LogP) is 1.77. The fourth-order valence-electron chi connectivity index (χ4n) is 1.92. The minimum absolute atomic E-state index is 0.0639. The lowest BCUT2D eigenvalue weighted by atomic mass is 10.1. The largest absolute Gasteiger partial charge is 0.395 e.